The van der Waals surface area contributed by atoms with Gasteiger partial charge in [0.05, 0.1) is 18.2 Å². The van der Waals surface area contributed by atoms with Crippen LogP contribution in [0.4, 0.5) is 4.39 Å². The van der Waals surface area contributed by atoms with Gasteiger partial charge in [-0.15, -0.1) is 0 Å². The first kappa shape index (κ1) is 14.7. The molecular formula is C15H20FNO. The lowest BCUT2D eigenvalue weighted by molar-refractivity contribution is 0.116. The zero-order valence-corrected chi connectivity index (χ0v) is 10.9. The second-order valence-corrected chi connectivity index (χ2v) is 4.38. The summed E-state index contributed by atoms with van der Waals surface area (Å²) in [5.74, 6) is -0.324. The fraction of sp³-hybridized carbons (Fsp3) is 0.533. The van der Waals surface area contributed by atoms with Crippen LogP contribution in [0.1, 0.15) is 50.2 Å². The first-order valence-corrected chi connectivity index (χ1v) is 6.54. The van der Waals surface area contributed by atoms with Gasteiger partial charge in [-0.1, -0.05) is 32.6 Å². The Hall–Kier alpha value is -1.40. The number of unbranched alkanes of at least 4 members (excludes halogenated alkanes) is 4. The summed E-state index contributed by atoms with van der Waals surface area (Å²) >= 11 is 0. The van der Waals surface area contributed by atoms with E-state index in [1.165, 1.54) is 43.9 Å². The summed E-state index contributed by atoms with van der Waals surface area (Å²) in [5.41, 5.74) is 1.12. The molecule has 0 fully saturated rings. The van der Waals surface area contributed by atoms with Gasteiger partial charge in [0.2, 0.25) is 0 Å². The Bertz CT molecular complexity index is 398. The Labute approximate surface area is 108 Å². The van der Waals surface area contributed by atoms with E-state index in [1.54, 1.807) is 0 Å². The van der Waals surface area contributed by atoms with Crippen molar-refractivity contribution in [3.63, 3.8) is 0 Å². The highest BCUT2D eigenvalue weighted by Gasteiger charge is 2.03. The van der Waals surface area contributed by atoms with E-state index in [-0.39, 0.29) is 5.82 Å². The van der Waals surface area contributed by atoms with Crippen LogP contribution in [0.3, 0.4) is 0 Å². The lowest BCUT2D eigenvalue weighted by Gasteiger charge is -2.06. The Morgan fingerprint density at radius 1 is 1.22 bits per heavy atom. The number of ether oxygens (including phenoxy) is 1. The molecule has 0 radical (unpaired) electrons. The maximum absolute atomic E-state index is 13.0. The Kier molecular flexibility index (Phi) is 7.05. The molecule has 0 aliphatic carbocycles. The number of rotatable bonds is 8. The molecule has 0 amide bonds. The molecule has 1 rings (SSSR count). The molecule has 0 aromatic heterocycles. The standard InChI is InChI=1S/C15H20FNO/c1-2-3-4-5-6-9-18-12-14-10-15(16)8-7-13(14)11-17/h7-8,10H,2-6,9,12H2,1H3. The molecule has 0 atom stereocenters. The van der Waals surface area contributed by atoms with Crippen LogP contribution in [-0.4, -0.2) is 6.61 Å². The molecule has 0 aliphatic rings. The summed E-state index contributed by atoms with van der Waals surface area (Å²) in [6.07, 6.45) is 5.93. The minimum atomic E-state index is -0.324. The summed E-state index contributed by atoms with van der Waals surface area (Å²) in [5, 5.41) is 8.88. The average molecular weight is 249 g/mol. The zero-order chi connectivity index (χ0) is 13.2. The van der Waals surface area contributed by atoms with Crippen LogP contribution in [0.15, 0.2) is 18.2 Å². The Balaban J connectivity index is 2.27. The van der Waals surface area contributed by atoms with Crippen molar-refractivity contribution in [3.8, 4) is 6.07 Å². The summed E-state index contributed by atoms with van der Waals surface area (Å²) in [4.78, 5) is 0. The van der Waals surface area contributed by atoms with Crippen LogP contribution >= 0.6 is 0 Å². The highest BCUT2D eigenvalue weighted by molar-refractivity contribution is 5.37. The number of halogens is 1. The maximum Gasteiger partial charge on any atom is 0.123 e. The summed E-state index contributed by atoms with van der Waals surface area (Å²) in [6.45, 7) is 3.17. The van der Waals surface area contributed by atoms with E-state index >= 15 is 0 Å². The largest absolute Gasteiger partial charge is 0.377 e. The van der Waals surface area contributed by atoms with Crippen LogP contribution in [0.25, 0.3) is 0 Å². The molecule has 0 aliphatic heterocycles. The van der Waals surface area contributed by atoms with Crippen molar-refractivity contribution in [2.75, 3.05) is 6.61 Å². The Morgan fingerprint density at radius 2 is 2.00 bits per heavy atom. The first-order chi connectivity index (χ1) is 8.77. The van der Waals surface area contributed by atoms with E-state index in [0.717, 1.165) is 6.42 Å². The molecular weight excluding hydrogens is 229 g/mol. The lowest BCUT2D eigenvalue weighted by atomic mass is 10.1. The van der Waals surface area contributed by atoms with E-state index in [2.05, 4.69) is 6.92 Å². The minimum Gasteiger partial charge on any atom is -0.377 e. The van der Waals surface area contributed by atoms with Crippen molar-refractivity contribution in [1.82, 2.24) is 0 Å². The van der Waals surface area contributed by atoms with Gasteiger partial charge in [-0.05, 0) is 30.2 Å². The highest BCUT2D eigenvalue weighted by Crippen LogP contribution is 2.12. The fourth-order valence-corrected chi connectivity index (χ4v) is 1.78. The molecule has 0 N–H and O–H groups in total. The first-order valence-electron chi connectivity index (χ1n) is 6.54. The van der Waals surface area contributed by atoms with Gasteiger partial charge in [0, 0.05) is 6.61 Å². The molecule has 2 nitrogen and oxygen atoms in total. The monoisotopic (exact) mass is 249 g/mol. The van der Waals surface area contributed by atoms with Gasteiger partial charge in [0.15, 0.2) is 0 Å². The molecule has 0 unspecified atom stereocenters. The van der Waals surface area contributed by atoms with Crippen molar-refractivity contribution in [1.29, 1.82) is 5.26 Å². The normalized spacial score (nSPS) is 10.3. The van der Waals surface area contributed by atoms with E-state index in [4.69, 9.17) is 10.00 Å². The van der Waals surface area contributed by atoms with Crippen molar-refractivity contribution in [2.24, 2.45) is 0 Å². The number of benzene rings is 1. The van der Waals surface area contributed by atoms with E-state index in [0.29, 0.717) is 24.3 Å². The van der Waals surface area contributed by atoms with Crippen molar-refractivity contribution < 1.29 is 9.13 Å². The van der Waals surface area contributed by atoms with Gasteiger partial charge in [0.25, 0.3) is 0 Å². The molecule has 0 bridgehead atoms. The number of hydrogen-bond donors (Lipinski definition) is 0. The summed E-state index contributed by atoms with van der Waals surface area (Å²) < 4.78 is 18.5. The lowest BCUT2D eigenvalue weighted by Crippen LogP contribution is -1.98. The molecule has 0 spiro atoms. The maximum atomic E-state index is 13.0. The number of nitrogens with zero attached hydrogens (tertiary/aromatic N) is 1. The molecule has 1 aromatic carbocycles. The third kappa shape index (κ3) is 5.29. The zero-order valence-electron chi connectivity index (χ0n) is 10.9. The third-order valence-corrected chi connectivity index (χ3v) is 2.84. The third-order valence-electron chi connectivity index (χ3n) is 2.84. The van der Waals surface area contributed by atoms with Crippen LogP contribution in [0.5, 0.6) is 0 Å². The second kappa shape index (κ2) is 8.66. The second-order valence-electron chi connectivity index (χ2n) is 4.38. The average Bonchev–Trinajstić information content (AvgIpc) is 2.38. The van der Waals surface area contributed by atoms with Crippen LogP contribution in [0, 0.1) is 17.1 Å². The fourth-order valence-electron chi connectivity index (χ4n) is 1.78. The molecule has 0 saturated heterocycles. The summed E-state index contributed by atoms with van der Waals surface area (Å²) in [7, 11) is 0. The quantitative estimate of drug-likeness (QED) is 0.647. The number of nitriles is 1. The molecule has 3 heteroatoms. The van der Waals surface area contributed by atoms with Gasteiger partial charge in [-0.2, -0.15) is 5.26 Å². The van der Waals surface area contributed by atoms with Gasteiger partial charge < -0.3 is 4.74 Å². The highest BCUT2D eigenvalue weighted by atomic mass is 19.1. The molecule has 18 heavy (non-hydrogen) atoms. The molecule has 98 valence electrons. The minimum absolute atomic E-state index is 0.314. The SMILES string of the molecule is CCCCCCCOCc1cc(F)ccc1C#N. The summed E-state index contributed by atoms with van der Waals surface area (Å²) in [6, 6.07) is 6.21. The van der Waals surface area contributed by atoms with Gasteiger partial charge >= 0.3 is 0 Å². The Morgan fingerprint density at radius 3 is 2.72 bits per heavy atom. The van der Waals surface area contributed by atoms with Crippen molar-refractivity contribution in [3.05, 3.63) is 35.1 Å². The molecule has 0 heterocycles. The van der Waals surface area contributed by atoms with Gasteiger partial charge in [-0.25, -0.2) is 4.39 Å². The van der Waals surface area contributed by atoms with Gasteiger partial charge in [0.1, 0.15) is 5.82 Å². The molecule has 1 aromatic rings. The number of hydrogen-bond acceptors (Lipinski definition) is 2. The van der Waals surface area contributed by atoms with Crippen LogP contribution < -0.4 is 0 Å². The van der Waals surface area contributed by atoms with Crippen LogP contribution in [0.2, 0.25) is 0 Å². The van der Waals surface area contributed by atoms with Gasteiger partial charge in [-0.3, -0.25) is 0 Å². The smallest absolute Gasteiger partial charge is 0.123 e. The van der Waals surface area contributed by atoms with Crippen molar-refractivity contribution >= 4 is 0 Å². The van der Waals surface area contributed by atoms with E-state index < -0.39 is 0 Å². The topological polar surface area (TPSA) is 33.0 Å². The van der Waals surface area contributed by atoms with E-state index in [9.17, 15) is 4.39 Å². The predicted molar refractivity (Wildman–Crippen MR) is 69.5 cm³/mol. The molecule has 0 saturated carbocycles. The van der Waals surface area contributed by atoms with Crippen molar-refractivity contribution in [2.45, 2.75) is 45.6 Å². The van der Waals surface area contributed by atoms with Crippen LogP contribution in [-0.2, 0) is 11.3 Å². The predicted octanol–water partition coefficient (Wildman–Crippen LogP) is 4.18. The van der Waals surface area contributed by atoms with E-state index in [1.807, 2.05) is 6.07 Å².